The van der Waals surface area contributed by atoms with Crippen LogP contribution in [0.1, 0.15) is 17.1 Å². The quantitative estimate of drug-likeness (QED) is 0.395. The van der Waals surface area contributed by atoms with Gasteiger partial charge in [0.2, 0.25) is 0 Å². The number of halogens is 1. The molecule has 0 aliphatic rings. The largest absolute Gasteiger partial charge is 0.383 e. The molecule has 0 fully saturated rings. The van der Waals surface area contributed by atoms with E-state index in [4.69, 9.17) is 15.7 Å². The van der Waals surface area contributed by atoms with Gasteiger partial charge in [0.1, 0.15) is 29.3 Å². The fraction of sp³-hybridized carbons (Fsp3) is 0.0455. The highest BCUT2D eigenvalue weighted by atomic mass is 19.1. The van der Waals surface area contributed by atoms with Gasteiger partial charge in [0.25, 0.3) is 0 Å². The summed E-state index contributed by atoms with van der Waals surface area (Å²) in [5.74, 6) is 0.0630. The number of benzene rings is 1. The van der Waals surface area contributed by atoms with Gasteiger partial charge in [-0.25, -0.2) is 14.4 Å². The van der Waals surface area contributed by atoms with Crippen molar-refractivity contribution in [2.75, 3.05) is 5.73 Å². The number of hydrogen-bond donors (Lipinski definition) is 3. The molecule has 154 valence electrons. The number of nitrogens with two attached hydrogens (primary N) is 1. The van der Waals surface area contributed by atoms with Gasteiger partial charge >= 0.3 is 0 Å². The van der Waals surface area contributed by atoms with Gasteiger partial charge in [-0.15, -0.1) is 0 Å². The molecule has 3 heterocycles. The Balaban J connectivity index is 1.59. The van der Waals surface area contributed by atoms with Crippen LogP contribution in [0.5, 0.6) is 0 Å². The summed E-state index contributed by atoms with van der Waals surface area (Å²) in [6.07, 6.45) is 7.78. The summed E-state index contributed by atoms with van der Waals surface area (Å²) >= 11 is 0. The third-order valence-electron chi connectivity index (χ3n) is 4.48. The molecule has 0 bridgehead atoms. The van der Waals surface area contributed by atoms with Crippen molar-refractivity contribution < 1.29 is 8.91 Å². The Morgan fingerprint density at radius 2 is 1.97 bits per heavy atom. The van der Waals surface area contributed by atoms with Gasteiger partial charge in [0, 0.05) is 42.3 Å². The molecule has 8 nitrogen and oxygen atoms in total. The molecular weight excluding hydrogens is 397 g/mol. The van der Waals surface area contributed by atoms with E-state index in [0.29, 0.717) is 22.5 Å². The molecular formula is C22H18FN7O. The SMILES string of the molecule is N=C(/C=C(\NCc1ccccc1F)c1ccon1)c1ncc(-c2ccncc2)c(N)n1. The van der Waals surface area contributed by atoms with Gasteiger partial charge in [0.05, 0.1) is 5.70 Å². The number of nitrogens with one attached hydrogen (secondary N) is 2. The van der Waals surface area contributed by atoms with E-state index < -0.39 is 0 Å². The molecule has 0 aliphatic heterocycles. The Morgan fingerprint density at radius 3 is 2.68 bits per heavy atom. The van der Waals surface area contributed by atoms with Crippen LogP contribution >= 0.6 is 0 Å². The Kier molecular flexibility index (Phi) is 5.75. The summed E-state index contributed by atoms with van der Waals surface area (Å²) in [4.78, 5) is 12.5. The standard InChI is InChI=1S/C22H18FN7O/c23-17-4-2-1-3-15(17)12-27-20(19-7-10-31-30-19)11-18(24)22-28-13-16(21(25)29-22)14-5-8-26-9-6-14/h1-11,13,24,27H,12H2,(H2,25,28,29)/b20-11-,24-18?. The summed E-state index contributed by atoms with van der Waals surface area (Å²) in [6.45, 7) is 0.197. The summed E-state index contributed by atoms with van der Waals surface area (Å²) in [5.41, 5.74) is 8.98. The second-order valence-corrected chi connectivity index (χ2v) is 6.53. The third kappa shape index (κ3) is 4.61. The zero-order chi connectivity index (χ0) is 21.6. The topological polar surface area (TPSA) is 127 Å². The minimum absolute atomic E-state index is 0.00649. The highest BCUT2D eigenvalue weighted by Gasteiger charge is 2.13. The van der Waals surface area contributed by atoms with Crippen molar-refractivity contribution >= 4 is 17.2 Å². The lowest BCUT2D eigenvalue weighted by molar-refractivity contribution is 0.417. The molecule has 3 aromatic heterocycles. The average Bonchev–Trinajstić information content (AvgIpc) is 3.33. The van der Waals surface area contributed by atoms with Crippen LogP contribution in [-0.4, -0.2) is 25.8 Å². The fourth-order valence-corrected chi connectivity index (χ4v) is 2.89. The van der Waals surface area contributed by atoms with E-state index >= 15 is 0 Å². The van der Waals surface area contributed by atoms with Crippen LogP contribution < -0.4 is 11.1 Å². The van der Waals surface area contributed by atoms with Gasteiger partial charge < -0.3 is 15.6 Å². The molecule has 0 unspecified atom stereocenters. The maximum Gasteiger partial charge on any atom is 0.179 e. The van der Waals surface area contributed by atoms with Crippen molar-refractivity contribution in [3.63, 3.8) is 0 Å². The van der Waals surface area contributed by atoms with E-state index in [1.54, 1.807) is 55.0 Å². The second-order valence-electron chi connectivity index (χ2n) is 6.53. The summed E-state index contributed by atoms with van der Waals surface area (Å²) in [7, 11) is 0. The van der Waals surface area contributed by atoms with E-state index in [9.17, 15) is 4.39 Å². The average molecular weight is 415 g/mol. The van der Waals surface area contributed by atoms with Crippen molar-refractivity contribution in [3.8, 4) is 11.1 Å². The number of anilines is 1. The van der Waals surface area contributed by atoms with E-state index in [0.717, 1.165) is 5.56 Å². The van der Waals surface area contributed by atoms with Crippen LogP contribution in [0.2, 0.25) is 0 Å². The number of hydrogen-bond acceptors (Lipinski definition) is 8. The Hall–Kier alpha value is -4.40. The van der Waals surface area contributed by atoms with Crippen molar-refractivity contribution in [3.05, 3.63) is 96.3 Å². The smallest absolute Gasteiger partial charge is 0.179 e. The minimum atomic E-state index is -0.326. The van der Waals surface area contributed by atoms with E-state index in [-0.39, 0.29) is 29.7 Å². The van der Waals surface area contributed by atoms with E-state index in [2.05, 4.69) is 25.4 Å². The van der Waals surface area contributed by atoms with Gasteiger partial charge in [-0.05, 0) is 29.8 Å². The maximum atomic E-state index is 14.0. The minimum Gasteiger partial charge on any atom is -0.383 e. The monoisotopic (exact) mass is 415 g/mol. The van der Waals surface area contributed by atoms with Gasteiger partial charge in [-0.2, -0.15) is 0 Å². The van der Waals surface area contributed by atoms with Crippen molar-refractivity contribution in [1.82, 2.24) is 25.4 Å². The molecule has 0 saturated carbocycles. The van der Waals surface area contributed by atoms with E-state index in [1.807, 2.05) is 0 Å². The third-order valence-corrected chi connectivity index (χ3v) is 4.48. The first-order valence-electron chi connectivity index (χ1n) is 9.33. The van der Waals surface area contributed by atoms with Crippen molar-refractivity contribution in [2.45, 2.75) is 6.54 Å². The molecule has 9 heteroatoms. The Bertz CT molecular complexity index is 1220. The Morgan fingerprint density at radius 1 is 1.16 bits per heavy atom. The van der Waals surface area contributed by atoms with Crippen LogP contribution in [-0.2, 0) is 6.54 Å². The molecule has 0 atom stereocenters. The lowest BCUT2D eigenvalue weighted by Gasteiger charge is -2.10. The van der Waals surface area contributed by atoms with Gasteiger partial charge in [0.15, 0.2) is 5.82 Å². The predicted octanol–water partition coefficient (Wildman–Crippen LogP) is 3.45. The molecule has 0 spiro atoms. The molecule has 0 amide bonds. The number of rotatable bonds is 7. The zero-order valence-electron chi connectivity index (χ0n) is 16.3. The molecule has 0 saturated heterocycles. The molecule has 4 rings (SSSR count). The first-order valence-corrected chi connectivity index (χ1v) is 9.33. The molecule has 0 aliphatic carbocycles. The maximum absolute atomic E-state index is 14.0. The Labute approximate surface area is 177 Å². The van der Waals surface area contributed by atoms with Crippen LogP contribution in [0.4, 0.5) is 10.2 Å². The summed E-state index contributed by atoms with van der Waals surface area (Å²) < 4.78 is 18.9. The first-order chi connectivity index (χ1) is 15.1. The number of nitrogen functional groups attached to an aromatic ring is 1. The van der Waals surface area contributed by atoms with Gasteiger partial charge in [-0.1, -0.05) is 23.4 Å². The summed E-state index contributed by atoms with van der Waals surface area (Å²) in [5, 5.41) is 15.4. The van der Waals surface area contributed by atoms with Crippen LogP contribution in [0.3, 0.4) is 0 Å². The molecule has 4 aromatic rings. The van der Waals surface area contributed by atoms with Crippen LogP contribution in [0, 0.1) is 11.2 Å². The summed E-state index contributed by atoms with van der Waals surface area (Å²) in [6, 6.07) is 11.7. The zero-order valence-corrected chi connectivity index (χ0v) is 16.3. The van der Waals surface area contributed by atoms with Crippen molar-refractivity contribution in [2.24, 2.45) is 0 Å². The highest BCUT2D eigenvalue weighted by Crippen LogP contribution is 2.23. The number of allylic oxidation sites excluding steroid dienone is 1. The molecule has 31 heavy (non-hydrogen) atoms. The number of nitrogens with zero attached hydrogens (tertiary/aromatic N) is 4. The molecule has 0 radical (unpaired) electrons. The number of pyridine rings is 1. The lowest BCUT2D eigenvalue weighted by atomic mass is 10.1. The fourth-order valence-electron chi connectivity index (χ4n) is 2.89. The molecule has 1 aromatic carbocycles. The predicted molar refractivity (Wildman–Crippen MR) is 114 cm³/mol. The molecule has 4 N–H and O–H groups in total. The van der Waals surface area contributed by atoms with Crippen molar-refractivity contribution in [1.29, 1.82) is 5.41 Å². The first kappa shape index (κ1) is 19.9. The normalized spacial score (nSPS) is 11.3. The van der Waals surface area contributed by atoms with Crippen LogP contribution in [0.15, 0.2) is 77.9 Å². The van der Waals surface area contributed by atoms with Gasteiger partial charge in [-0.3, -0.25) is 10.4 Å². The number of aromatic nitrogens is 4. The lowest BCUT2D eigenvalue weighted by Crippen LogP contribution is -2.15. The highest BCUT2D eigenvalue weighted by molar-refractivity contribution is 6.08. The second kappa shape index (κ2) is 8.95. The van der Waals surface area contributed by atoms with E-state index in [1.165, 1.54) is 18.4 Å². The van der Waals surface area contributed by atoms with Crippen LogP contribution in [0.25, 0.3) is 16.8 Å².